The van der Waals surface area contributed by atoms with Crippen molar-refractivity contribution >= 4 is 22.9 Å². The molecular weight excluding hydrogens is 273 g/mol. The van der Waals surface area contributed by atoms with Crippen LogP contribution in [0.1, 0.15) is 22.5 Å². The Morgan fingerprint density at radius 1 is 1.39 bits per heavy atom. The number of aliphatic hydroxyl groups excluding tert-OH is 1. The van der Waals surface area contributed by atoms with E-state index in [-0.39, 0.29) is 10.9 Å². The molecule has 2 atom stereocenters. The molecular formula is C13H13ClFNOS. The van der Waals surface area contributed by atoms with Crippen LogP contribution in [0.15, 0.2) is 35.7 Å². The predicted molar refractivity (Wildman–Crippen MR) is 72.5 cm³/mol. The highest BCUT2D eigenvalue weighted by atomic mass is 35.5. The van der Waals surface area contributed by atoms with Crippen molar-refractivity contribution in [1.82, 2.24) is 0 Å². The molecule has 18 heavy (non-hydrogen) atoms. The Morgan fingerprint density at radius 3 is 2.72 bits per heavy atom. The third kappa shape index (κ3) is 2.72. The monoisotopic (exact) mass is 285 g/mol. The zero-order chi connectivity index (χ0) is 13.1. The summed E-state index contributed by atoms with van der Waals surface area (Å²) in [5, 5.41) is 12.3. The fraction of sp³-hybridized carbons (Fsp3) is 0.231. The summed E-state index contributed by atoms with van der Waals surface area (Å²) in [4.78, 5) is 0.986. The summed E-state index contributed by atoms with van der Waals surface area (Å²) in [6.45, 7) is 0.298. The van der Waals surface area contributed by atoms with Crippen LogP contribution in [0.3, 0.4) is 0 Å². The molecule has 2 aromatic rings. The number of aliphatic hydroxyl groups is 1. The molecule has 0 radical (unpaired) electrons. The van der Waals surface area contributed by atoms with E-state index >= 15 is 0 Å². The van der Waals surface area contributed by atoms with Crippen LogP contribution in [0.4, 0.5) is 4.39 Å². The number of benzene rings is 1. The van der Waals surface area contributed by atoms with Gasteiger partial charge in [-0.1, -0.05) is 23.7 Å². The molecule has 0 aliphatic rings. The molecule has 2 nitrogen and oxygen atoms in total. The van der Waals surface area contributed by atoms with Crippen molar-refractivity contribution in [1.29, 1.82) is 0 Å². The van der Waals surface area contributed by atoms with Crippen molar-refractivity contribution in [3.63, 3.8) is 0 Å². The average molecular weight is 286 g/mol. The van der Waals surface area contributed by atoms with E-state index in [4.69, 9.17) is 17.3 Å². The molecule has 5 heteroatoms. The molecule has 2 rings (SSSR count). The molecule has 0 spiro atoms. The highest BCUT2D eigenvalue weighted by molar-refractivity contribution is 7.10. The Balaban J connectivity index is 2.28. The first-order valence-corrected chi connectivity index (χ1v) is 6.75. The second kappa shape index (κ2) is 5.80. The van der Waals surface area contributed by atoms with Gasteiger partial charge in [0.2, 0.25) is 0 Å². The number of rotatable bonds is 4. The summed E-state index contributed by atoms with van der Waals surface area (Å²) in [6.07, 6.45) is -0.833. The molecule has 0 saturated heterocycles. The number of hydrogen-bond donors (Lipinski definition) is 2. The molecule has 2 unspecified atom stereocenters. The minimum absolute atomic E-state index is 0.0476. The lowest BCUT2D eigenvalue weighted by Crippen LogP contribution is -2.19. The second-order valence-corrected chi connectivity index (χ2v) is 5.36. The third-order valence-corrected chi connectivity index (χ3v) is 4.14. The van der Waals surface area contributed by atoms with E-state index < -0.39 is 11.9 Å². The van der Waals surface area contributed by atoms with Crippen molar-refractivity contribution in [3.8, 4) is 0 Å². The van der Waals surface area contributed by atoms with E-state index in [1.165, 1.54) is 23.5 Å². The van der Waals surface area contributed by atoms with Gasteiger partial charge in [-0.25, -0.2) is 4.39 Å². The largest absolute Gasteiger partial charge is 0.388 e. The first kappa shape index (κ1) is 13.5. The molecule has 0 aliphatic carbocycles. The van der Waals surface area contributed by atoms with Gasteiger partial charge in [0.05, 0.1) is 11.1 Å². The number of halogens is 2. The van der Waals surface area contributed by atoms with E-state index in [1.54, 1.807) is 6.07 Å². The van der Waals surface area contributed by atoms with Crippen LogP contribution in [0, 0.1) is 5.82 Å². The topological polar surface area (TPSA) is 46.2 Å². The summed E-state index contributed by atoms with van der Waals surface area (Å²) >= 11 is 7.15. The quantitative estimate of drug-likeness (QED) is 0.905. The molecule has 96 valence electrons. The zero-order valence-corrected chi connectivity index (χ0v) is 11.1. The van der Waals surface area contributed by atoms with Crippen LogP contribution < -0.4 is 5.73 Å². The van der Waals surface area contributed by atoms with Crippen LogP contribution in [0.5, 0.6) is 0 Å². The summed E-state index contributed by atoms with van der Waals surface area (Å²) in [7, 11) is 0. The smallest absolute Gasteiger partial charge is 0.142 e. The van der Waals surface area contributed by atoms with Crippen LogP contribution in [-0.4, -0.2) is 11.7 Å². The standard InChI is InChI=1S/C13H13ClFNOS/c14-10-4-3-8(6-11(10)15)13(17)9(7-16)12-2-1-5-18-12/h1-6,9,13,17H,7,16H2. The maximum absolute atomic E-state index is 13.4. The van der Waals surface area contributed by atoms with Gasteiger partial charge in [-0.2, -0.15) is 0 Å². The van der Waals surface area contributed by atoms with Gasteiger partial charge in [0, 0.05) is 17.3 Å². The molecule has 1 heterocycles. The molecule has 1 aromatic heterocycles. The summed E-state index contributed by atoms with van der Waals surface area (Å²) in [6, 6.07) is 8.13. The van der Waals surface area contributed by atoms with Gasteiger partial charge in [-0.05, 0) is 29.1 Å². The van der Waals surface area contributed by atoms with Crippen molar-refractivity contribution in [2.45, 2.75) is 12.0 Å². The first-order chi connectivity index (χ1) is 8.63. The summed E-state index contributed by atoms with van der Waals surface area (Å²) in [5.41, 5.74) is 6.18. The maximum atomic E-state index is 13.4. The lowest BCUT2D eigenvalue weighted by atomic mass is 9.94. The van der Waals surface area contributed by atoms with E-state index in [9.17, 15) is 9.50 Å². The minimum atomic E-state index is -0.833. The molecule has 0 saturated carbocycles. The van der Waals surface area contributed by atoms with Crippen molar-refractivity contribution in [2.75, 3.05) is 6.54 Å². The van der Waals surface area contributed by atoms with Crippen LogP contribution in [0.2, 0.25) is 5.02 Å². The van der Waals surface area contributed by atoms with Crippen molar-refractivity contribution < 1.29 is 9.50 Å². The fourth-order valence-electron chi connectivity index (χ4n) is 1.83. The minimum Gasteiger partial charge on any atom is -0.388 e. The Bertz CT molecular complexity index is 518. The van der Waals surface area contributed by atoms with Gasteiger partial charge in [0.15, 0.2) is 0 Å². The fourth-order valence-corrected chi connectivity index (χ4v) is 2.82. The normalized spacial score (nSPS) is 14.4. The van der Waals surface area contributed by atoms with Gasteiger partial charge < -0.3 is 10.8 Å². The first-order valence-electron chi connectivity index (χ1n) is 5.50. The average Bonchev–Trinajstić information content (AvgIpc) is 2.87. The van der Waals surface area contributed by atoms with E-state index in [0.29, 0.717) is 12.1 Å². The van der Waals surface area contributed by atoms with E-state index in [0.717, 1.165) is 4.88 Å². The Kier molecular flexibility index (Phi) is 4.35. The van der Waals surface area contributed by atoms with Gasteiger partial charge in [-0.15, -0.1) is 11.3 Å². The molecule has 0 amide bonds. The highest BCUT2D eigenvalue weighted by Crippen LogP contribution is 2.33. The van der Waals surface area contributed by atoms with Gasteiger partial charge in [-0.3, -0.25) is 0 Å². The van der Waals surface area contributed by atoms with E-state index in [2.05, 4.69) is 0 Å². The molecule has 1 aromatic carbocycles. The van der Waals surface area contributed by atoms with Crippen molar-refractivity contribution in [3.05, 3.63) is 57.0 Å². The van der Waals surface area contributed by atoms with Gasteiger partial charge in [0.1, 0.15) is 5.82 Å². The molecule has 0 bridgehead atoms. The number of thiophene rings is 1. The number of nitrogens with two attached hydrogens (primary N) is 1. The Labute approximate surface area is 114 Å². The van der Waals surface area contributed by atoms with E-state index in [1.807, 2.05) is 17.5 Å². The third-order valence-electron chi connectivity index (χ3n) is 2.83. The Hall–Kier alpha value is -0.940. The lowest BCUT2D eigenvalue weighted by molar-refractivity contribution is 0.148. The summed E-state index contributed by atoms with van der Waals surface area (Å²) < 4.78 is 13.4. The SMILES string of the molecule is NCC(c1cccs1)C(O)c1ccc(Cl)c(F)c1. The Morgan fingerprint density at radius 2 is 2.17 bits per heavy atom. The molecule has 3 N–H and O–H groups in total. The van der Waals surface area contributed by atoms with Crippen LogP contribution in [-0.2, 0) is 0 Å². The van der Waals surface area contributed by atoms with Crippen LogP contribution >= 0.6 is 22.9 Å². The van der Waals surface area contributed by atoms with Gasteiger partial charge >= 0.3 is 0 Å². The lowest BCUT2D eigenvalue weighted by Gasteiger charge is -2.20. The van der Waals surface area contributed by atoms with Crippen molar-refractivity contribution in [2.24, 2.45) is 5.73 Å². The molecule has 0 fully saturated rings. The molecule has 0 aliphatic heterocycles. The maximum Gasteiger partial charge on any atom is 0.142 e. The van der Waals surface area contributed by atoms with Crippen LogP contribution in [0.25, 0.3) is 0 Å². The highest BCUT2D eigenvalue weighted by Gasteiger charge is 2.23. The number of hydrogen-bond acceptors (Lipinski definition) is 3. The summed E-state index contributed by atoms with van der Waals surface area (Å²) in [5.74, 6) is -0.763. The zero-order valence-electron chi connectivity index (χ0n) is 9.51. The van der Waals surface area contributed by atoms with Gasteiger partial charge in [0.25, 0.3) is 0 Å². The predicted octanol–water partition coefficient (Wildman–Crippen LogP) is 3.32. The second-order valence-electron chi connectivity index (χ2n) is 3.98.